The second-order valence-electron chi connectivity index (χ2n) is 14.9. The van der Waals surface area contributed by atoms with E-state index in [1.165, 1.54) is 148 Å². The van der Waals surface area contributed by atoms with Gasteiger partial charge in [-0.25, -0.2) is 0 Å². The summed E-state index contributed by atoms with van der Waals surface area (Å²) >= 11 is 0. The summed E-state index contributed by atoms with van der Waals surface area (Å²) in [6, 6.07) is -0.769. The number of amides is 1. The Labute approximate surface area is 316 Å². The van der Waals surface area contributed by atoms with Gasteiger partial charge in [0.15, 0.2) is 0 Å². The first kappa shape index (κ1) is 49.3. The summed E-state index contributed by atoms with van der Waals surface area (Å²) in [7, 11) is 0. The van der Waals surface area contributed by atoms with Gasteiger partial charge in [0.25, 0.3) is 0 Å². The first-order chi connectivity index (χ1) is 25.0. The molecular weight excluding hydrogens is 631 g/mol. The molecule has 0 bridgehead atoms. The Hall–Kier alpha value is -1.69. The van der Waals surface area contributed by atoms with Crippen molar-refractivity contribution >= 4 is 5.91 Å². The third-order valence-electron chi connectivity index (χ3n) is 9.82. The predicted molar refractivity (Wildman–Crippen MR) is 222 cm³/mol. The highest BCUT2D eigenvalue weighted by Gasteiger charge is 2.20. The highest BCUT2D eigenvalue weighted by molar-refractivity contribution is 5.76. The van der Waals surface area contributed by atoms with Crippen LogP contribution in [0.3, 0.4) is 0 Å². The Morgan fingerprint density at radius 3 is 1.27 bits per heavy atom. The lowest BCUT2D eigenvalue weighted by molar-refractivity contribution is -0.124. The van der Waals surface area contributed by atoms with E-state index < -0.39 is 18.2 Å². The minimum atomic E-state index is -0.961. The minimum absolute atomic E-state index is 0.00262. The van der Waals surface area contributed by atoms with Crippen molar-refractivity contribution in [2.24, 2.45) is 0 Å². The molecular formula is C46H85NO4. The normalized spacial score (nSPS) is 14.1. The molecule has 0 aromatic rings. The van der Waals surface area contributed by atoms with Crippen molar-refractivity contribution < 1.29 is 20.1 Å². The quantitative estimate of drug-likeness (QED) is 0.0377. The van der Waals surface area contributed by atoms with Crippen molar-refractivity contribution in [3.63, 3.8) is 0 Å². The van der Waals surface area contributed by atoms with Crippen molar-refractivity contribution in [1.82, 2.24) is 5.32 Å². The van der Waals surface area contributed by atoms with Crippen LogP contribution in [0.4, 0.5) is 0 Å². The number of nitrogens with one attached hydrogen (secondary N) is 1. The Kier molecular flexibility index (Phi) is 39.7. The fourth-order valence-electron chi connectivity index (χ4n) is 6.42. The number of carbonyl (C=O) groups excluding carboxylic acids is 1. The summed E-state index contributed by atoms with van der Waals surface area (Å²) in [4.78, 5) is 12.4. The smallest absolute Gasteiger partial charge is 0.222 e. The van der Waals surface area contributed by atoms with Gasteiger partial charge in [0, 0.05) is 0 Å². The molecule has 0 saturated carbocycles. The number of allylic oxidation sites excluding steroid dienone is 7. The number of hydrogen-bond donors (Lipinski definition) is 4. The van der Waals surface area contributed by atoms with Crippen LogP contribution in [0.1, 0.15) is 213 Å². The minimum Gasteiger partial charge on any atom is -0.394 e. The molecule has 3 atom stereocenters. The Bertz CT molecular complexity index is 835. The van der Waals surface area contributed by atoms with E-state index in [4.69, 9.17) is 0 Å². The second kappa shape index (κ2) is 41.1. The van der Waals surface area contributed by atoms with Crippen LogP contribution in [0, 0.1) is 0 Å². The maximum absolute atomic E-state index is 12.4. The molecule has 0 fully saturated rings. The molecule has 0 aliphatic carbocycles. The molecule has 0 spiro atoms. The maximum Gasteiger partial charge on any atom is 0.222 e. The average Bonchev–Trinajstić information content (AvgIpc) is 3.12. The summed E-state index contributed by atoms with van der Waals surface area (Å²) in [6.45, 7) is 4.17. The summed E-state index contributed by atoms with van der Waals surface area (Å²) in [5, 5.41) is 33.1. The van der Waals surface area contributed by atoms with E-state index >= 15 is 0 Å². The van der Waals surface area contributed by atoms with E-state index in [0.717, 1.165) is 38.5 Å². The van der Waals surface area contributed by atoms with E-state index in [9.17, 15) is 20.1 Å². The fourth-order valence-corrected chi connectivity index (χ4v) is 6.42. The standard InChI is InChI=1S/C46H85NO4/c1-3-5-7-9-11-13-15-17-19-20-21-22-23-24-25-26-27-29-31-33-35-37-39-43(49)41-46(51)47-44(42-48)45(50)40-38-36-34-32-30-28-18-16-14-12-10-8-6-4-2/h14,16,24-25,30,32,38,40,43-45,48-50H,3-13,15,17-23,26-29,31,33-37,39,41-42H2,1-2H3,(H,47,51)/b16-14+,25-24-,32-30+,40-38+. The van der Waals surface area contributed by atoms with Crippen LogP contribution >= 0.6 is 0 Å². The molecule has 0 radical (unpaired) electrons. The highest BCUT2D eigenvalue weighted by Crippen LogP contribution is 2.14. The molecule has 0 heterocycles. The number of hydrogen-bond acceptors (Lipinski definition) is 4. The van der Waals surface area contributed by atoms with Crippen LogP contribution in [-0.4, -0.2) is 46.1 Å². The van der Waals surface area contributed by atoms with Crippen molar-refractivity contribution in [2.75, 3.05) is 6.61 Å². The third-order valence-corrected chi connectivity index (χ3v) is 9.82. The topological polar surface area (TPSA) is 89.8 Å². The molecule has 3 unspecified atom stereocenters. The van der Waals surface area contributed by atoms with Gasteiger partial charge in [-0.1, -0.05) is 184 Å². The fraction of sp³-hybridized carbons (Fsp3) is 0.804. The zero-order chi connectivity index (χ0) is 37.3. The molecule has 0 aromatic carbocycles. The van der Waals surface area contributed by atoms with Gasteiger partial charge in [0.05, 0.1) is 31.3 Å². The van der Waals surface area contributed by atoms with Crippen LogP contribution in [0.2, 0.25) is 0 Å². The van der Waals surface area contributed by atoms with Gasteiger partial charge in [-0.15, -0.1) is 0 Å². The molecule has 4 N–H and O–H groups in total. The zero-order valence-electron chi connectivity index (χ0n) is 33.7. The summed E-state index contributed by atoms with van der Waals surface area (Å²) in [5.74, 6) is -0.334. The Morgan fingerprint density at radius 1 is 0.490 bits per heavy atom. The lowest BCUT2D eigenvalue weighted by Gasteiger charge is -2.21. The molecule has 0 aliphatic rings. The average molecular weight is 716 g/mol. The van der Waals surface area contributed by atoms with Crippen molar-refractivity contribution in [2.45, 2.75) is 231 Å². The molecule has 0 saturated heterocycles. The number of unbranched alkanes of at least 4 members (excludes halogenated alkanes) is 24. The van der Waals surface area contributed by atoms with Gasteiger partial charge in [-0.05, 0) is 70.6 Å². The second-order valence-corrected chi connectivity index (χ2v) is 14.9. The Morgan fingerprint density at radius 2 is 0.843 bits per heavy atom. The lowest BCUT2D eigenvalue weighted by atomic mass is 10.0. The largest absolute Gasteiger partial charge is 0.394 e. The van der Waals surface area contributed by atoms with Crippen molar-refractivity contribution in [3.8, 4) is 0 Å². The zero-order valence-corrected chi connectivity index (χ0v) is 33.7. The Balaban J connectivity index is 3.70. The van der Waals surface area contributed by atoms with Crippen LogP contribution in [-0.2, 0) is 4.79 Å². The van der Waals surface area contributed by atoms with Crippen LogP contribution in [0.25, 0.3) is 0 Å². The van der Waals surface area contributed by atoms with Gasteiger partial charge in [-0.3, -0.25) is 4.79 Å². The van der Waals surface area contributed by atoms with Gasteiger partial charge in [0.1, 0.15) is 0 Å². The van der Waals surface area contributed by atoms with E-state index in [1.807, 2.05) is 6.08 Å². The van der Waals surface area contributed by atoms with E-state index in [1.54, 1.807) is 6.08 Å². The molecule has 0 aromatic heterocycles. The number of aliphatic hydroxyl groups is 3. The number of aliphatic hydroxyl groups excluding tert-OH is 3. The molecule has 0 aliphatic heterocycles. The van der Waals surface area contributed by atoms with Crippen molar-refractivity contribution in [3.05, 3.63) is 48.6 Å². The molecule has 5 nitrogen and oxygen atoms in total. The van der Waals surface area contributed by atoms with E-state index in [-0.39, 0.29) is 18.9 Å². The maximum atomic E-state index is 12.4. The summed E-state index contributed by atoms with van der Waals surface area (Å²) < 4.78 is 0. The number of carbonyl (C=O) groups is 1. The van der Waals surface area contributed by atoms with Gasteiger partial charge < -0.3 is 20.6 Å². The summed E-state index contributed by atoms with van der Waals surface area (Å²) in [5.41, 5.74) is 0. The first-order valence-corrected chi connectivity index (χ1v) is 21.9. The van der Waals surface area contributed by atoms with E-state index in [0.29, 0.717) is 6.42 Å². The van der Waals surface area contributed by atoms with Crippen LogP contribution < -0.4 is 5.32 Å². The van der Waals surface area contributed by atoms with Crippen molar-refractivity contribution in [1.29, 1.82) is 0 Å². The molecule has 0 rings (SSSR count). The highest BCUT2D eigenvalue weighted by atomic mass is 16.3. The van der Waals surface area contributed by atoms with Gasteiger partial charge in [-0.2, -0.15) is 0 Å². The predicted octanol–water partition coefficient (Wildman–Crippen LogP) is 12.5. The SMILES string of the molecule is CCCCCC/C=C/CC/C=C/CC/C=C/C(O)C(CO)NC(=O)CC(O)CCCCCCCC/C=C\CCCCCCCCCCCCCC. The molecule has 298 valence electrons. The monoisotopic (exact) mass is 716 g/mol. The molecule has 51 heavy (non-hydrogen) atoms. The van der Waals surface area contributed by atoms with Gasteiger partial charge >= 0.3 is 0 Å². The van der Waals surface area contributed by atoms with Gasteiger partial charge in [0.2, 0.25) is 5.91 Å². The number of rotatable bonds is 39. The van der Waals surface area contributed by atoms with E-state index in [2.05, 4.69) is 55.6 Å². The summed E-state index contributed by atoms with van der Waals surface area (Å²) in [6.07, 6.45) is 52.5. The van der Waals surface area contributed by atoms with Crippen LogP contribution in [0.15, 0.2) is 48.6 Å². The molecule has 1 amide bonds. The first-order valence-electron chi connectivity index (χ1n) is 21.9. The third kappa shape index (κ3) is 37.9. The van der Waals surface area contributed by atoms with Crippen LogP contribution in [0.5, 0.6) is 0 Å². The lowest BCUT2D eigenvalue weighted by Crippen LogP contribution is -2.45. The molecule has 5 heteroatoms.